The number of nitrogens with one attached hydrogen (secondary N) is 2. The van der Waals surface area contributed by atoms with Gasteiger partial charge in [-0.25, -0.2) is 0 Å². The second-order valence-corrected chi connectivity index (χ2v) is 8.76. The van der Waals surface area contributed by atoms with Gasteiger partial charge >= 0.3 is 0 Å². The summed E-state index contributed by atoms with van der Waals surface area (Å²) in [5, 5.41) is 5.40. The Morgan fingerprint density at radius 3 is 2.70 bits per heavy atom. The van der Waals surface area contributed by atoms with Gasteiger partial charge in [0.2, 0.25) is 6.79 Å². The zero-order valence-electron chi connectivity index (χ0n) is 17.7. The molecular formula is C27H21ClN2O3. The standard InChI is InChI=1S/C27H21ClN2O3/c28-18-9-5-16(6-10-18)7-11-23(31)22-14-20-19-3-1-2-4-21(19)29-27(20)26(30-22)17-8-12-24-25(13-17)33-15-32-24/h1-13,22,26,29-30H,14-15H2. The van der Waals surface area contributed by atoms with Crippen LogP contribution in [0, 0.1) is 0 Å². The summed E-state index contributed by atoms with van der Waals surface area (Å²) in [4.78, 5) is 16.8. The van der Waals surface area contributed by atoms with E-state index in [1.165, 1.54) is 5.56 Å². The number of para-hydroxylation sites is 1. The van der Waals surface area contributed by atoms with Crippen molar-refractivity contribution >= 4 is 34.4 Å². The number of hydrogen-bond acceptors (Lipinski definition) is 4. The van der Waals surface area contributed by atoms with Crippen LogP contribution in [0.3, 0.4) is 0 Å². The van der Waals surface area contributed by atoms with Crippen molar-refractivity contribution in [2.75, 3.05) is 6.79 Å². The third kappa shape index (κ3) is 3.69. The molecule has 3 aromatic carbocycles. The highest BCUT2D eigenvalue weighted by atomic mass is 35.5. The summed E-state index contributed by atoms with van der Waals surface area (Å²) in [7, 11) is 0. The number of carbonyl (C=O) groups is 1. The molecule has 2 aliphatic heterocycles. The molecule has 2 aliphatic rings. The van der Waals surface area contributed by atoms with E-state index in [1.807, 2.05) is 60.7 Å². The van der Waals surface area contributed by atoms with Crippen LogP contribution in [0.5, 0.6) is 11.5 Å². The summed E-state index contributed by atoms with van der Waals surface area (Å²) >= 11 is 5.97. The predicted octanol–water partition coefficient (Wildman–Crippen LogP) is 5.44. The van der Waals surface area contributed by atoms with E-state index >= 15 is 0 Å². The molecule has 4 aromatic rings. The Bertz CT molecular complexity index is 1390. The topological polar surface area (TPSA) is 63.4 Å². The van der Waals surface area contributed by atoms with Gasteiger partial charge in [-0.3, -0.25) is 10.1 Å². The lowest BCUT2D eigenvalue weighted by Gasteiger charge is -2.30. The van der Waals surface area contributed by atoms with E-state index in [2.05, 4.69) is 22.4 Å². The highest BCUT2D eigenvalue weighted by Gasteiger charge is 2.33. The molecule has 0 saturated carbocycles. The van der Waals surface area contributed by atoms with Crippen LogP contribution >= 0.6 is 11.6 Å². The number of halogens is 1. The molecule has 0 amide bonds. The van der Waals surface area contributed by atoms with Gasteiger partial charge in [0.15, 0.2) is 17.3 Å². The normalized spacial score (nSPS) is 19.2. The minimum Gasteiger partial charge on any atom is -0.454 e. The second kappa shape index (κ2) is 8.10. The maximum Gasteiger partial charge on any atom is 0.231 e. The van der Waals surface area contributed by atoms with Gasteiger partial charge in [-0.1, -0.05) is 54.1 Å². The van der Waals surface area contributed by atoms with Crippen molar-refractivity contribution in [2.45, 2.75) is 18.5 Å². The van der Waals surface area contributed by atoms with Crippen molar-refractivity contribution in [3.63, 3.8) is 0 Å². The van der Waals surface area contributed by atoms with E-state index in [-0.39, 0.29) is 24.7 Å². The van der Waals surface area contributed by atoms with E-state index in [0.717, 1.165) is 39.2 Å². The van der Waals surface area contributed by atoms with Crippen molar-refractivity contribution in [1.82, 2.24) is 10.3 Å². The summed E-state index contributed by atoms with van der Waals surface area (Å²) in [6.45, 7) is 0.227. The van der Waals surface area contributed by atoms with Crippen molar-refractivity contribution in [3.8, 4) is 11.5 Å². The first-order valence-corrected chi connectivity index (χ1v) is 11.3. The molecule has 3 heterocycles. The SMILES string of the molecule is O=C(C=Cc1ccc(Cl)cc1)C1Cc2c([nH]c3ccccc23)C(c2ccc3c(c2)OCO3)N1. The summed E-state index contributed by atoms with van der Waals surface area (Å²) in [6, 6.07) is 21.1. The number of aromatic amines is 1. The number of carbonyl (C=O) groups excluding carboxylic acids is 1. The number of fused-ring (bicyclic) bond motifs is 4. The highest BCUT2D eigenvalue weighted by molar-refractivity contribution is 6.30. The third-order valence-electron chi connectivity index (χ3n) is 6.29. The smallest absolute Gasteiger partial charge is 0.231 e. The molecule has 33 heavy (non-hydrogen) atoms. The van der Waals surface area contributed by atoms with Crippen molar-refractivity contribution in [1.29, 1.82) is 0 Å². The monoisotopic (exact) mass is 456 g/mol. The van der Waals surface area contributed by atoms with E-state index in [1.54, 1.807) is 6.08 Å². The minimum atomic E-state index is -0.351. The molecule has 5 nitrogen and oxygen atoms in total. The quantitative estimate of drug-likeness (QED) is 0.401. The van der Waals surface area contributed by atoms with Crippen LogP contribution in [-0.2, 0) is 11.2 Å². The molecule has 6 rings (SSSR count). The van der Waals surface area contributed by atoms with Gasteiger partial charge in [0.05, 0.1) is 12.1 Å². The Labute approximate surface area is 196 Å². The maximum absolute atomic E-state index is 13.2. The van der Waals surface area contributed by atoms with E-state index in [9.17, 15) is 4.79 Å². The van der Waals surface area contributed by atoms with Crippen LogP contribution in [0.2, 0.25) is 5.02 Å². The molecule has 0 spiro atoms. The lowest BCUT2D eigenvalue weighted by Crippen LogP contribution is -2.44. The lowest BCUT2D eigenvalue weighted by molar-refractivity contribution is -0.116. The van der Waals surface area contributed by atoms with Crippen LogP contribution in [0.4, 0.5) is 0 Å². The van der Waals surface area contributed by atoms with E-state index in [0.29, 0.717) is 11.4 Å². The molecule has 0 fully saturated rings. The molecule has 164 valence electrons. The van der Waals surface area contributed by atoms with Crippen LogP contribution < -0.4 is 14.8 Å². The number of rotatable bonds is 4. The van der Waals surface area contributed by atoms with Gasteiger partial charge in [-0.05, 0) is 59.5 Å². The average molecular weight is 457 g/mol. The molecule has 6 heteroatoms. The van der Waals surface area contributed by atoms with E-state index in [4.69, 9.17) is 21.1 Å². The van der Waals surface area contributed by atoms with Crippen LogP contribution in [0.1, 0.15) is 28.4 Å². The van der Waals surface area contributed by atoms with Gasteiger partial charge in [0.1, 0.15) is 0 Å². The van der Waals surface area contributed by atoms with Gasteiger partial charge in [0.25, 0.3) is 0 Å². The van der Waals surface area contributed by atoms with E-state index < -0.39 is 0 Å². The molecule has 0 aliphatic carbocycles. The number of ether oxygens (including phenoxy) is 2. The Hall–Kier alpha value is -3.54. The average Bonchev–Trinajstić information content (AvgIpc) is 3.47. The predicted molar refractivity (Wildman–Crippen MR) is 129 cm³/mol. The number of aromatic nitrogens is 1. The summed E-state index contributed by atoms with van der Waals surface area (Å²) in [6.07, 6.45) is 4.10. The van der Waals surface area contributed by atoms with Gasteiger partial charge in [-0.2, -0.15) is 0 Å². The fraction of sp³-hybridized carbons (Fsp3) is 0.148. The first-order chi connectivity index (χ1) is 16.2. The zero-order valence-corrected chi connectivity index (χ0v) is 18.4. The number of H-pyrrole nitrogens is 1. The van der Waals surface area contributed by atoms with Crippen molar-refractivity contribution in [3.05, 3.63) is 100 Å². The summed E-state index contributed by atoms with van der Waals surface area (Å²) < 4.78 is 11.1. The summed E-state index contributed by atoms with van der Waals surface area (Å²) in [5.74, 6) is 1.50. The van der Waals surface area contributed by atoms with Crippen LogP contribution in [0.15, 0.2) is 72.8 Å². The molecule has 0 bridgehead atoms. The molecule has 2 N–H and O–H groups in total. The molecule has 0 saturated heterocycles. The molecule has 0 radical (unpaired) electrons. The van der Waals surface area contributed by atoms with Crippen LogP contribution in [-0.4, -0.2) is 23.6 Å². The van der Waals surface area contributed by atoms with Crippen molar-refractivity contribution < 1.29 is 14.3 Å². The van der Waals surface area contributed by atoms with Gasteiger partial charge < -0.3 is 14.5 Å². The Kier molecular flexibility index (Phi) is 4.93. The number of benzene rings is 3. The van der Waals surface area contributed by atoms with Crippen LogP contribution in [0.25, 0.3) is 17.0 Å². The first kappa shape index (κ1) is 20.1. The molecule has 2 unspecified atom stereocenters. The van der Waals surface area contributed by atoms with Gasteiger partial charge in [-0.15, -0.1) is 0 Å². The highest BCUT2D eigenvalue weighted by Crippen LogP contribution is 2.39. The lowest BCUT2D eigenvalue weighted by atomic mass is 9.88. The molecular weight excluding hydrogens is 436 g/mol. The Morgan fingerprint density at radius 2 is 1.82 bits per heavy atom. The Balaban J connectivity index is 1.37. The second-order valence-electron chi connectivity index (χ2n) is 8.32. The first-order valence-electron chi connectivity index (χ1n) is 10.9. The van der Waals surface area contributed by atoms with Crippen molar-refractivity contribution in [2.24, 2.45) is 0 Å². The zero-order chi connectivity index (χ0) is 22.4. The number of hydrogen-bond donors (Lipinski definition) is 2. The molecule has 2 atom stereocenters. The third-order valence-corrected chi connectivity index (χ3v) is 6.55. The summed E-state index contributed by atoms with van der Waals surface area (Å²) in [5.41, 5.74) is 5.28. The fourth-order valence-corrected chi connectivity index (χ4v) is 4.77. The molecule has 1 aromatic heterocycles. The Morgan fingerprint density at radius 1 is 1.00 bits per heavy atom. The minimum absolute atomic E-state index is 0.0339. The largest absolute Gasteiger partial charge is 0.454 e. The maximum atomic E-state index is 13.2. The fourth-order valence-electron chi connectivity index (χ4n) is 4.64. The number of ketones is 1. The van der Waals surface area contributed by atoms with Gasteiger partial charge in [0, 0.05) is 21.6 Å².